The predicted molar refractivity (Wildman–Crippen MR) is 73.7 cm³/mol. The van der Waals surface area contributed by atoms with Crippen molar-refractivity contribution in [2.75, 3.05) is 12.3 Å². The van der Waals surface area contributed by atoms with Crippen LogP contribution in [0.5, 0.6) is 0 Å². The molecule has 1 unspecified atom stereocenters. The van der Waals surface area contributed by atoms with E-state index in [9.17, 15) is 5.11 Å². The second-order valence-corrected chi connectivity index (χ2v) is 4.77. The zero-order valence-corrected chi connectivity index (χ0v) is 10.8. The van der Waals surface area contributed by atoms with Gasteiger partial charge in [-0.15, -0.1) is 0 Å². The summed E-state index contributed by atoms with van der Waals surface area (Å²) in [5.74, 6) is 0.376. The molecule has 0 bridgehead atoms. The van der Waals surface area contributed by atoms with Gasteiger partial charge in [-0.05, 0) is 0 Å². The van der Waals surface area contributed by atoms with Crippen molar-refractivity contribution in [3.63, 3.8) is 0 Å². The van der Waals surface area contributed by atoms with Crippen LogP contribution in [0, 0.1) is 0 Å². The molecular formula is C13H16N4O3. The molecule has 0 amide bonds. The summed E-state index contributed by atoms with van der Waals surface area (Å²) in [7, 11) is 0. The summed E-state index contributed by atoms with van der Waals surface area (Å²) in [6, 6.07) is 0. The molecule has 3 atom stereocenters. The minimum atomic E-state index is -0.700. The molecule has 20 heavy (non-hydrogen) atoms. The Morgan fingerprint density at radius 3 is 3.00 bits per heavy atom. The van der Waals surface area contributed by atoms with Gasteiger partial charge in [0.15, 0.2) is 0 Å². The maximum absolute atomic E-state index is 9.84. The molecule has 0 aromatic carbocycles. The average Bonchev–Trinajstić information content (AvgIpc) is 3.00. The van der Waals surface area contributed by atoms with Gasteiger partial charge in [0.25, 0.3) is 0 Å². The molecule has 0 radical (unpaired) electrons. The number of aromatic nitrogens is 3. The molecule has 4 N–H and O–H groups in total. The third-order valence-corrected chi connectivity index (χ3v) is 3.58. The number of hydrogen-bond acceptors (Lipinski definition) is 6. The Hall–Kier alpha value is -1.96. The quantitative estimate of drug-likeness (QED) is 0.744. The molecule has 7 heteroatoms. The van der Waals surface area contributed by atoms with Crippen LogP contribution in [-0.4, -0.2) is 43.6 Å². The van der Waals surface area contributed by atoms with Gasteiger partial charge in [0.2, 0.25) is 0 Å². The van der Waals surface area contributed by atoms with E-state index in [-0.39, 0.29) is 6.61 Å². The van der Waals surface area contributed by atoms with Gasteiger partial charge < -0.3 is 25.3 Å². The first kappa shape index (κ1) is 13.0. The predicted octanol–water partition coefficient (Wildman–Crippen LogP) is 0.297. The highest BCUT2D eigenvalue weighted by atomic mass is 16.5. The van der Waals surface area contributed by atoms with Crippen molar-refractivity contribution < 1.29 is 14.9 Å². The Balaban J connectivity index is 2.09. The molecule has 3 heterocycles. The fraction of sp³-hybridized carbons (Fsp3) is 0.385. The van der Waals surface area contributed by atoms with Gasteiger partial charge in [-0.2, -0.15) is 0 Å². The van der Waals surface area contributed by atoms with Crippen molar-refractivity contribution in [2.45, 2.75) is 24.9 Å². The van der Waals surface area contributed by atoms with Crippen molar-refractivity contribution in [2.24, 2.45) is 0 Å². The lowest BCUT2D eigenvalue weighted by atomic mass is 10.2. The van der Waals surface area contributed by atoms with Crippen molar-refractivity contribution in [1.82, 2.24) is 14.5 Å². The third-order valence-electron chi connectivity index (χ3n) is 3.58. The van der Waals surface area contributed by atoms with Crippen LogP contribution in [0.1, 0.15) is 18.2 Å². The average molecular weight is 276 g/mol. The van der Waals surface area contributed by atoms with Gasteiger partial charge in [-0.3, -0.25) is 0 Å². The van der Waals surface area contributed by atoms with Crippen LogP contribution < -0.4 is 5.73 Å². The number of fused-ring (bicyclic) bond motifs is 1. The number of nitrogen functional groups attached to an aromatic ring is 1. The molecule has 1 aliphatic heterocycles. The first-order chi connectivity index (χ1) is 9.65. The van der Waals surface area contributed by atoms with E-state index in [1.54, 1.807) is 10.6 Å². The third kappa shape index (κ3) is 1.87. The molecule has 3 rings (SSSR count). The van der Waals surface area contributed by atoms with Crippen molar-refractivity contribution in [1.29, 1.82) is 0 Å². The minimum Gasteiger partial charge on any atom is -0.394 e. The Labute approximate surface area is 115 Å². The van der Waals surface area contributed by atoms with Crippen LogP contribution >= 0.6 is 0 Å². The summed E-state index contributed by atoms with van der Waals surface area (Å²) in [4.78, 5) is 8.21. The zero-order chi connectivity index (χ0) is 14.3. The highest BCUT2D eigenvalue weighted by Gasteiger charge is 2.35. The van der Waals surface area contributed by atoms with Crippen LogP contribution in [-0.2, 0) is 4.74 Å². The maximum Gasteiger partial charge on any atom is 0.148 e. The lowest BCUT2D eigenvalue weighted by molar-refractivity contribution is -0.0430. The number of rotatable bonds is 3. The maximum atomic E-state index is 9.84. The first-order valence-electron chi connectivity index (χ1n) is 6.33. The summed E-state index contributed by atoms with van der Waals surface area (Å²) in [5.41, 5.74) is 7.32. The number of nitrogens with two attached hydrogens (primary N) is 1. The minimum absolute atomic E-state index is 0.220. The van der Waals surface area contributed by atoms with Crippen LogP contribution in [0.2, 0.25) is 0 Å². The van der Waals surface area contributed by atoms with Gasteiger partial charge in [-0.1, -0.05) is 12.7 Å². The molecule has 1 saturated heterocycles. The number of hydrogen-bond donors (Lipinski definition) is 3. The largest absolute Gasteiger partial charge is 0.394 e. The van der Waals surface area contributed by atoms with E-state index < -0.39 is 18.4 Å². The highest BCUT2D eigenvalue weighted by Crippen LogP contribution is 2.34. The summed E-state index contributed by atoms with van der Waals surface area (Å²) >= 11 is 0. The van der Waals surface area contributed by atoms with Crippen molar-refractivity contribution in [3.05, 3.63) is 24.7 Å². The second-order valence-electron chi connectivity index (χ2n) is 4.77. The Morgan fingerprint density at radius 2 is 2.35 bits per heavy atom. The van der Waals surface area contributed by atoms with E-state index in [0.29, 0.717) is 23.3 Å². The molecule has 2 aromatic heterocycles. The molecule has 7 nitrogen and oxygen atoms in total. The van der Waals surface area contributed by atoms with Crippen molar-refractivity contribution in [3.8, 4) is 0 Å². The summed E-state index contributed by atoms with van der Waals surface area (Å²) in [6.45, 7) is 3.53. The van der Waals surface area contributed by atoms with Gasteiger partial charge in [0.1, 0.15) is 30.1 Å². The lowest BCUT2D eigenvalue weighted by Crippen LogP contribution is -2.24. The zero-order valence-electron chi connectivity index (χ0n) is 10.8. The molecular weight excluding hydrogens is 260 g/mol. The normalized spacial score (nSPS) is 26.2. The number of nitrogens with zero attached hydrogens (tertiary/aromatic N) is 3. The van der Waals surface area contributed by atoms with Crippen LogP contribution in [0.3, 0.4) is 0 Å². The van der Waals surface area contributed by atoms with Crippen LogP contribution in [0.15, 0.2) is 19.1 Å². The fourth-order valence-electron chi connectivity index (χ4n) is 2.56. The molecule has 0 aliphatic carbocycles. The topological polar surface area (TPSA) is 106 Å². The molecule has 1 fully saturated rings. The molecule has 1 aliphatic rings. The smallest absolute Gasteiger partial charge is 0.148 e. The molecule has 0 saturated carbocycles. The fourth-order valence-corrected chi connectivity index (χ4v) is 2.56. The van der Waals surface area contributed by atoms with Gasteiger partial charge in [0, 0.05) is 18.2 Å². The molecule has 0 spiro atoms. The highest BCUT2D eigenvalue weighted by molar-refractivity contribution is 5.94. The van der Waals surface area contributed by atoms with Gasteiger partial charge in [0.05, 0.1) is 18.1 Å². The standard InChI is InChI=1S/C13H16N4O3/c1-2-7-4-17(10-3-8(19)9(5-18)20-10)13-11(7)12(14)15-6-16-13/h2,4,6,8-10,18-19H,1,3,5H2,(H2,14,15,16)/t8?,9-,10-/m1/s1. The lowest BCUT2D eigenvalue weighted by Gasteiger charge is -2.14. The van der Waals surface area contributed by atoms with Gasteiger partial charge >= 0.3 is 0 Å². The number of ether oxygens (including phenoxy) is 1. The van der Waals surface area contributed by atoms with E-state index in [1.165, 1.54) is 6.33 Å². The first-order valence-corrected chi connectivity index (χ1v) is 6.33. The number of anilines is 1. The number of aliphatic hydroxyl groups is 2. The van der Waals surface area contributed by atoms with Gasteiger partial charge in [-0.25, -0.2) is 9.97 Å². The van der Waals surface area contributed by atoms with Crippen molar-refractivity contribution >= 4 is 22.9 Å². The summed E-state index contributed by atoms with van der Waals surface area (Å²) in [5, 5.41) is 19.7. The van der Waals surface area contributed by atoms with E-state index in [1.807, 2.05) is 6.20 Å². The number of aliphatic hydroxyl groups excluding tert-OH is 2. The monoisotopic (exact) mass is 276 g/mol. The molecule has 106 valence electrons. The Morgan fingerprint density at radius 1 is 1.55 bits per heavy atom. The van der Waals surface area contributed by atoms with Crippen LogP contribution in [0.25, 0.3) is 17.1 Å². The van der Waals surface area contributed by atoms with E-state index >= 15 is 0 Å². The van der Waals surface area contributed by atoms with E-state index in [2.05, 4.69) is 16.5 Å². The van der Waals surface area contributed by atoms with E-state index in [0.717, 1.165) is 5.56 Å². The van der Waals surface area contributed by atoms with Crippen LogP contribution in [0.4, 0.5) is 5.82 Å². The summed E-state index contributed by atoms with van der Waals surface area (Å²) < 4.78 is 7.44. The summed E-state index contributed by atoms with van der Waals surface area (Å²) in [6.07, 6.45) is 3.59. The Bertz CT molecular complexity index is 654. The van der Waals surface area contributed by atoms with E-state index in [4.69, 9.17) is 15.6 Å². The molecule has 2 aromatic rings. The second kappa shape index (κ2) is 4.86. The Kier molecular flexibility index (Phi) is 3.17. The SMILES string of the molecule is C=Cc1cn([C@H]2CC(O)[C@@H](CO)O2)c2ncnc(N)c12.